The second kappa shape index (κ2) is 5.70. The molecule has 0 aliphatic carbocycles. The molecule has 0 radical (unpaired) electrons. The van der Waals surface area contributed by atoms with Gasteiger partial charge in [-0.15, -0.1) is 0 Å². The van der Waals surface area contributed by atoms with E-state index >= 15 is 0 Å². The Morgan fingerprint density at radius 2 is 2.05 bits per heavy atom. The van der Waals surface area contributed by atoms with Gasteiger partial charge >= 0.3 is 0 Å². The van der Waals surface area contributed by atoms with Crippen molar-refractivity contribution >= 4 is 51.3 Å². The first-order valence-corrected chi connectivity index (χ1v) is 6.59. The molecule has 0 unspecified atom stereocenters. The average molecular weight is 393 g/mol. The summed E-state index contributed by atoms with van der Waals surface area (Å²) in [6, 6.07) is 9.05. The zero-order valence-corrected chi connectivity index (χ0v) is 12.3. The van der Waals surface area contributed by atoms with Crippen molar-refractivity contribution in [2.24, 2.45) is 0 Å². The van der Waals surface area contributed by atoms with Crippen molar-refractivity contribution in [2.75, 3.05) is 5.32 Å². The first-order valence-electron chi connectivity index (χ1n) is 5.14. The van der Waals surface area contributed by atoms with Crippen LogP contribution in [0.3, 0.4) is 0 Å². The van der Waals surface area contributed by atoms with E-state index < -0.39 is 10.7 Å². The minimum absolute atomic E-state index is 0.0118. The first kappa shape index (κ1) is 14.0. The van der Waals surface area contributed by atoms with Crippen LogP contribution in [0.5, 0.6) is 0 Å². The van der Waals surface area contributed by atoms with Crippen LogP contribution in [0.4, 0.5) is 21.5 Å². The van der Waals surface area contributed by atoms with Crippen LogP contribution in [0.1, 0.15) is 0 Å². The van der Waals surface area contributed by atoms with E-state index in [1.807, 2.05) is 22.6 Å². The van der Waals surface area contributed by atoms with E-state index in [4.69, 9.17) is 11.6 Å². The number of benzene rings is 2. The van der Waals surface area contributed by atoms with Crippen LogP contribution >= 0.6 is 34.2 Å². The summed E-state index contributed by atoms with van der Waals surface area (Å²) in [5.74, 6) is -0.558. The van der Waals surface area contributed by atoms with Crippen LogP contribution < -0.4 is 5.32 Å². The molecule has 0 saturated carbocycles. The first-order chi connectivity index (χ1) is 8.99. The van der Waals surface area contributed by atoms with Gasteiger partial charge in [0.05, 0.1) is 19.2 Å². The molecule has 2 rings (SSSR count). The Kier molecular flexibility index (Phi) is 4.20. The summed E-state index contributed by atoms with van der Waals surface area (Å²) in [5, 5.41) is 13.5. The molecule has 0 atom stereocenters. The molecule has 0 bridgehead atoms. The van der Waals surface area contributed by atoms with Gasteiger partial charge in [-0.05, 0) is 46.9 Å². The monoisotopic (exact) mass is 392 g/mol. The minimum atomic E-state index is -0.558. The third-order valence-corrected chi connectivity index (χ3v) is 3.53. The highest BCUT2D eigenvalue weighted by Gasteiger charge is 2.12. The molecule has 2 aromatic carbocycles. The van der Waals surface area contributed by atoms with Crippen molar-refractivity contribution in [3.8, 4) is 0 Å². The lowest BCUT2D eigenvalue weighted by Crippen LogP contribution is -1.96. The number of nitro benzene ring substituents is 1. The number of hydrogen-bond donors (Lipinski definition) is 1. The molecular weight excluding hydrogens is 385 g/mol. The molecule has 0 saturated heterocycles. The number of nitro groups is 1. The van der Waals surface area contributed by atoms with Crippen molar-refractivity contribution in [3.63, 3.8) is 0 Å². The van der Waals surface area contributed by atoms with Crippen molar-refractivity contribution < 1.29 is 9.31 Å². The lowest BCUT2D eigenvalue weighted by molar-refractivity contribution is -0.385. The molecule has 1 N–H and O–H groups in total. The number of anilines is 2. The van der Waals surface area contributed by atoms with E-state index in [2.05, 4.69) is 5.32 Å². The fraction of sp³-hybridized carbons (Fsp3) is 0. The smallest absolute Gasteiger partial charge is 0.282 e. The van der Waals surface area contributed by atoms with E-state index in [1.165, 1.54) is 24.3 Å². The van der Waals surface area contributed by atoms with Crippen LogP contribution in [0, 0.1) is 19.5 Å². The molecule has 98 valence electrons. The van der Waals surface area contributed by atoms with E-state index in [0.717, 1.165) is 0 Å². The van der Waals surface area contributed by atoms with Gasteiger partial charge in [0.2, 0.25) is 0 Å². The summed E-state index contributed by atoms with van der Waals surface area (Å²) in [7, 11) is 0. The number of halogens is 3. The van der Waals surface area contributed by atoms with Crippen molar-refractivity contribution in [1.29, 1.82) is 0 Å². The lowest BCUT2D eigenvalue weighted by atomic mass is 10.2. The predicted octanol–water partition coefficient (Wildman–Crippen LogP) is 4.74. The van der Waals surface area contributed by atoms with Crippen LogP contribution in [-0.4, -0.2) is 4.92 Å². The van der Waals surface area contributed by atoms with Gasteiger partial charge < -0.3 is 5.32 Å². The van der Waals surface area contributed by atoms with Gasteiger partial charge in [0.25, 0.3) is 5.69 Å². The molecular formula is C12H7ClFIN2O2. The van der Waals surface area contributed by atoms with Crippen LogP contribution in [0.15, 0.2) is 36.4 Å². The van der Waals surface area contributed by atoms with Crippen LogP contribution in [0.25, 0.3) is 0 Å². The zero-order valence-electron chi connectivity index (χ0n) is 9.36. The van der Waals surface area contributed by atoms with Gasteiger partial charge in [0.15, 0.2) is 5.82 Å². The summed E-state index contributed by atoms with van der Waals surface area (Å²) in [4.78, 5) is 10.2. The lowest BCUT2D eigenvalue weighted by Gasteiger charge is -2.08. The van der Waals surface area contributed by atoms with Gasteiger partial charge in [0, 0.05) is 11.8 Å². The summed E-state index contributed by atoms with van der Waals surface area (Å²) >= 11 is 7.53. The maximum atomic E-state index is 13.7. The molecule has 0 spiro atoms. The molecule has 0 heterocycles. The normalized spacial score (nSPS) is 10.3. The third kappa shape index (κ3) is 3.13. The molecule has 19 heavy (non-hydrogen) atoms. The van der Waals surface area contributed by atoms with Gasteiger partial charge in [-0.3, -0.25) is 10.1 Å². The predicted molar refractivity (Wildman–Crippen MR) is 80.5 cm³/mol. The fourth-order valence-electron chi connectivity index (χ4n) is 1.49. The van der Waals surface area contributed by atoms with Crippen molar-refractivity contribution in [3.05, 3.63) is 60.9 Å². The Morgan fingerprint density at radius 1 is 1.32 bits per heavy atom. The second-order valence-corrected chi connectivity index (χ2v) is 5.22. The maximum absolute atomic E-state index is 13.7. The van der Waals surface area contributed by atoms with Gasteiger partial charge in [-0.25, -0.2) is 4.39 Å². The third-order valence-electron chi connectivity index (χ3n) is 2.37. The summed E-state index contributed by atoms with van der Waals surface area (Å²) in [6.07, 6.45) is 0. The molecule has 0 aliphatic heterocycles. The SMILES string of the molecule is O=[N+]([O-])c1ccc(Nc2cccc(Cl)c2F)cc1I. The topological polar surface area (TPSA) is 55.2 Å². The number of nitrogens with zero attached hydrogens (tertiary/aromatic N) is 1. The van der Waals surface area contributed by atoms with Crippen LogP contribution in [-0.2, 0) is 0 Å². The Balaban J connectivity index is 2.32. The molecule has 2 aromatic rings. The van der Waals surface area contributed by atoms with Gasteiger partial charge in [0.1, 0.15) is 0 Å². The molecule has 0 aromatic heterocycles. The summed E-state index contributed by atoms with van der Waals surface area (Å²) in [5.41, 5.74) is 0.783. The van der Waals surface area contributed by atoms with E-state index in [1.54, 1.807) is 12.1 Å². The van der Waals surface area contributed by atoms with E-state index in [-0.39, 0.29) is 16.4 Å². The van der Waals surface area contributed by atoms with E-state index in [9.17, 15) is 14.5 Å². The number of rotatable bonds is 3. The zero-order chi connectivity index (χ0) is 14.0. The fourth-order valence-corrected chi connectivity index (χ4v) is 2.38. The Hall–Kier alpha value is -1.41. The Bertz CT molecular complexity index is 652. The van der Waals surface area contributed by atoms with Crippen molar-refractivity contribution in [1.82, 2.24) is 0 Å². The molecule has 4 nitrogen and oxygen atoms in total. The molecule has 0 fully saturated rings. The minimum Gasteiger partial charge on any atom is -0.353 e. The summed E-state index contributed by atoms with van der Waals surface area (Å²) in [6.45, 7) is 0. The largest absolute Gasteiger partial charge is 0.353 e. The standard InChI is InChI=1S/C12H7ClFIN2O2/c13-8-2-1-3-10(12(8)14)16-7-4-5-11(17(18)19)9(15)6-7/h1-6,16H. The number of nitrogens with one attached hydrogen (secondary N) is 1. The van der Waals surface area contributed by atoms with Crippen molar-refractivity contribution in [2.45, 2.75) is 0 Å². The molecule has 7 heteroatoms. The van der Waals surface area contributed by atoms with Gasteiger partial charge in [-0.1, -0.05) is 17.7 Å². The molecule has 0 amide bonds. The average Bonchev–Trinajstić information content (AvgIpc) is 2.34. The maximum Gasteiger partial charge on any atom is 0.282 e. The highest BCUT2D eigenvalue weighted by Crippen LogP contribution is 2.28. The quantitative estimate of drug-likeness (QED) is 0.466. The van der Waals surface area contributed by atoms with Crippen LogP contribution in [0.2, 0.25) is 5.02 Å². The van der Waals surface area contributed by atoms with E-state index in [0.29, 0.717) is 9.26 Å². The highest BCUT2D eigenvalue weighted by molar-refractivity contribution is 14.1. The second-order valence-electron chi connectivity index (χ2n) is 3.65. The van der Waals surface area contributed by atoms with Gasteiger partial charge in [-0.2, -0.15) is 0 Å². The number of hydrogen-bond acceptors (Lipinski definition) is 3. The molecule has 0 aliphatic rings. The highest BCUT2D eigenvalue weighted by atomic mass is 127. The summed E-state index contributed by atoms with van der Waals surface area (Å²) < 4.78 is 14.2. The Labute approximate surface area is 126 Å². The Morgan fingerprint density at radius 3 is 2.68 bits per heavy atom.